The van der Waals surface area contributed by atoms with Crippen molar-refractivity contribution in [1.82, 2.24) is 14.5 Å². The van der Waals surface area contributed by atoms with E-state index in [-0.39, 0.29) is 5.97 Å². The number of methoxy groups -OCH3 is 1. The van der Waals surface area contributed by atoms with E-state index in [1.165, 1.54) is 7.11 Å². The van der Waals surface area contributed by atoms with E-state index in [9.17, 15) is 4.79 Å². The molecule has 0 aliphatic heterocycles. The Hall–Kier alpha value is -4.04. The van der Waals surface area contributed by atoms with Crippen LogP contribution in [-0.4, -0.2) is 33.8 Å². The average molecular weight is 442 g/mol. The Morgan fingerprint density at radius 3 is 2.75 bits per heavy atom. The summed E-state index contributed by atoms with van der Waals surface area (Å²) in [6.45, 7) is 0. The number of aryl methyl sites for hydroxylation is 1. The Labute approximate surface area is 188 Å². The number of fused-ring (bicyclic) bond motifs is 2. The third kappa shape index (κ3) is 3.61. The molecular weight excluding hydrogens is 422 g/mol. The van der Waals surface area contributed by atoms with E-state index in [0.717, 1.165) is 37.9 Å². The molecule has 1 N–H and O–H groups in total. The highest BCUT2D eigenvalue weighted by molar-refractivity contribution is 7.17. The lowest BCUT2D eigenvalue weighted by Gasteiger charge is -2.05. The maximum atomic E-state index is 11.6. The first kappa shape index (κ1) is 19.9. The van der Waals surface area contributed by atoms with Gasteiger partial charge in [-0.15, -0.1) is 11.3 Å². The summed E-state index contributed by atoms with van der Waals surface area (Å²) < 4.78 is 7.86. The van der Waals surface area contributed by atoms with Gasteiger partial charge in [0, 0.05) is 29.7 Å². The lowest BCUT2D eigenvalue weighted by atomic mass is 10.1. The number of hydrazone groups is 1. The summed E-state index contributed by atoms with van der Waals surface area (Å²) >= 11 is 1.62. The van der Waals surface area contributed by atoms with Gasteiger partial charge in [0.1, 0.15) is 0 Å². The van der Waals surface area contributed by atoms with Crippen LogP contribution in [0.4, 0.5) is 5.95 Å². The minimum absolute atomic E-state index is 0.370. The quantitative estimate of drug-likeness (QED) is 0.234. The van der Waals surface area contributed by atoms with Crippen LogP contribution in [0, 0.1) is 0 Å². The number of aromatic nitrogens is 3. The molecule has 32 heavy (non-hydrogen) atoms. The number of carbonyl (C=O) groups is 1. The van der Waals surface area contributed by atoms with E-state index in [4.69, 9.17) is 9.72 Å². The van der Waals surface area contributed by atoms with E-state index in [0.29, 0.717) is 11.5 Å². The molecule has 0 unspecified atom stereocenters. The minimum atomic E-state index is -0.370. The van der Waals surface area contributed by atoms with E-state index in [1.54, 1.807) is 41.8 Å². The molecule has 0 spiro atoms. The van der Waals surface area contributed by atoms with Crippen molar-refractivity contribution in [3.63, 3.8) is 0 Å². The fraction of sp³-hybridized carbons (Fsp3) is 0.0833. The number of anilines is 1. The number of para-hydroxylation sites is 1. The van der Waals surface area contributed by atoms with Gasteiger partial charge in [0.2, 0.25) is 5.95 Å². The standard InChI is InChI=1S/C24H19N5O2S/c1-29-14-18(17-5-3-4-6-20(17)29)21-22-19(11-12-32-22)26-24(27-21)28-25-13-15-7-9-16(10-8-15)23(30)31-2/h3-14H,1-2H3,(H,26,27,28)/b25-13+. The number of ether oxygens (including phenoxy) is 1. The van der Waals surface area contributed by atoms with Gasteiger partial charge >= 0.3 is 5.97 Å². The van der Waals surface area contributed by atoms with Crippen LogP contribution in [0.5, 0.6) is 0 Å². The first-order valence-electron chi connectivity index (χ1n) is 9.91. The number of hydrogen-bond acceptors (Lipinski definition) is 7. The molecule has 0 atom stereocenters. The van der Waals surface area contributed by atoms with Gasteiger partial charge in [0.05, 0.1) is 34.8 Å². The maximum Gasteiger partial charge on any atom is 0.337 e. The normalized spacial score (nSPS) is 11.4. The van der Waals surface area contributed by atoms with Crippen molar-refractivity contribution in [3.8, 4) is 11.3 Å². The second kappa shape index (κ2) is 8.24. The largest absolute Gasteiger partial charge is 0.465 e. The zero-order valence-corrected chi connectivity index (χ0v) is 18.3. The van der Waals surface area contributed by atoms with E-state index < -0.39 is 0 Å². The van der Waals surface area contributed by atoms with Crippen molar-refractivity contribution in [2.75, 3.05) is 12.5 Å². The van der Waals surface area contributed by atoms with Crippen molar-refractivity contribution in [2.24, 2.45) is 12.1 Å². The summed E-state index contributed by atoms with van der Waals surface area (Å²) in [6, 6.07) is 17.2. The van der Waals surface area contributed by atoms with Crippen LogP contribution in [0.2, 0.25) is 0 Å². The van der Waals surface area contributed by atoms with Crippen LogP contribution in [0.1, 0.15) is 15.9 Å². The summed E-state index contributed by atoms with van der Waals surface area (Å²) in [4.78, 5) is 20.9. The van der Waals surface area contributed by atoms with Crippen molar-refractivity contribution in [2.45, 2.75) is 0 Å². The van der Waals surface area contributed by atoms with E-state index >= 15 is 0 Å². The second-order valence-corrected chi connectivity index (χ2v) is 8.10. The third-order valence-electron chi connectivity index (χ3n) is 5.17. The van der Waals surface area contributed by atoms with Crippen LogP contribution in [0.3, 0.4) is 0 Å². The van der Waals surface area contributed by atoms with Gasteiger partial charge in [-0.25, -0.2) is 20.2 Å². The Morgan fingerprint density at radius 2 is 1.94 bits per heavy atom. The third-order valence-corrected chi connectivity index (χ3v) is 6.08. The molecule has 0 radical (unpaired) electrons. The molecule has 158 valence electrons. The lowest BCUT2D eigenvalue weighted by molar-refractivity contribution is 0.0600. The molecule has 3 aromatic heterocycles. The van der Waals surface area contributed by atoms with Crippen molar-refractivity contribution in [3.05, 3.63) is 77.3 Å². The smallest absolute Gasteiger partial charge is 0.337 e. The Bertz CT molecular complexity index is 1470. The highest BCUT2D eigenvalue weighted by Gasteiger charge is 2.15. The predicted octanol–water partition coefficient (Wildman–Crippen LogP) is 5.08. The van der Waals surface area contributed by atoms with Gasteiger partial charge in [0.25, 0.3) is 0 Å². The molecule has 0 saturated carbocycles. The molecular formula is C24H19N5O2S. The predicted molar refractivity (Wildman–Crippen MR) is 128 cm³/mol. The Balaban J connectivity index is 1.47. The molecule has 5 aromatic rings. The number of hydrogen-bond donors (Lipinski definition) is 1. The molecule has 0 amide bonds. The first-order chi connectivity index (χ1) is 15.6. The number of thiophene rings is 1. The van der Waals surface area contributed by atoms with Gasteiger partial charge in [-0.1, -0.05) is 30.3 Å². The number of carbonyl (C=O) groups excluding carboxylic acids is 1. The molecule has 8 heteroatoms. The van der Waals surface area contributed by atoms with Crippen LogP contribution >= 0.6 is 11.3 Å². The SMILES string of the molecule is COC(=O)c1ccc(/C=N/Nc2nc(-c3cn(C)c4ccccc34)c3sccc3n2)cc1. The van der Waals surface area contributed by atoms with Gasteiger partial charge in [-0.3, -0.25) is 0 Å². The highest BCUT2D eigenvalue weighted by Crippen LogP contribution is 2.36. The van der Waals surface area contributed by atoms with E-state index in [1.807, 2.05) is 30.6 Å². The topological polar surface area (TPSA) is 81.4 Å². The number of benzene rings is 2. The maximum absolute atomic E-state index is 11.6. The number of nitrogens with one attached hydrogen (secondary N) is 1. The molecule has 0 aliphatic rings. The number of esters is 1. The number of nitrogens with zero attached hydrogens (tertiary/aromatic N) is 4. The van der Waals surface area contributed by atoms with Crippen LogP contribution in [-0.2, 0) is 11.8 Å². The fourth-order valence-corrected chi connectivity index (χ4v) is 4.45. The Morgan fingerprint density at radius 1 is 1.12 bits per heavy atom. The summed E-state index contributed by atoms with van der Waals surface area (Å²) in [5, 5.41) is 7.44. The average Bonchev–Trinajstić information content (AvgIpc) is 3.43. The molecule has 0 aliphatic carbocycles. The molecule has 5 rings (SSSR count). The zero-order chi connectivity index (χ0) is 22.1. The van der Waals surface area contributed by atoms with Gasteiger partial charge in [-0.05, 0) is 35.2 Å². The first-order valence-corrected chi connectivity index (χ1v) is 10.8. The lowest BCUT2D eigenvalue weighted by Crippen LogP contribution is -2.01. The summed E-state index contributed by atoms with van der Waals surface area (Å²) in [7, 11) is 3.39. The van der Waals surface area contributed by atoms with Gasteiger partial charge in [0.15, 0.2) is 0 Å². The molecule has 0 fully saturated rings. The van der Waals surface area contributed by atoms with Crippen molar-refractivity contribution in [1.29, 1.82) is 0 Å². The van der Waals surface area contributed by atoms with Crippen LogP contribution in [0.25, 0.3) is 32.4 Å². The number of rotatable bonds is 5. The van der Waals surface area contributed by atoms with Gasteiger partial charge < -0.3 is 9.30 Å². The van der Waals surface area contributed by atoms with Crippen molar-refractivity contribution < 1.29 is 9.53 Å². The summed E-state index contributed by atoms with van der Waals surface area (Å²) in [5.41, 5.74) is 8.21. The molecule has 0 saturated heterocycles. The zero-order valence-electron chi connectivity index (χ0n) is 17.4. The summed E-state index contributed by atoms with van der Waals surface area (Å²) in [6.07, 6.45) is 3.75. The van der Waals surface area contributed by atoms with Crippen molar-refractivity contribution >= 4 is 50.6 Å². The van der Waals surface area contributed by atoms with E-state index in [2.05, 4.69) is 38.4 Å². The fourth-order valence-electron chi connectivity index (χ4n) is 3.61. The summed E-state index contributed by atoms with van der Waals surface area (Å²) in [5.74, 6) is 0.0475. The molecule has 2 aromatic carbocycles. The Kier molecular flexibility index (Phi) is 5.12. The highest BCUT2D eigenvalue weighted by atomic mass is 32.1. The monoisotopic (exact) mass is 441 g/mol. The molecule has 3 heterocycles. The minimum Gasteiger partial charge on any atom is -0.465 e. The molecule has 7 nitrogen and oxygen atoms in total. The second-order valence-electron chi connectivity index (χ2n) is 7.19. The van der Waals surface area contributed by atoms with Crippen LogP contribution < -0.4 is 5.43 Å². The molecule has 0 bridgehead atoms. The van der Waals surface area contributed by atoms with Crippen LogP contribution in [0.15, 0.2) is 71.3 Å². The van der Waals surface area contributed by atoms with Gasteiger partial charge in [-0.2, -0.15) is 5.10 Å².